The van der Waals surface area contributed by atoms with Gasteiger partial charge in [0.1, 0.15) is 6.17 Å². The molecule has 0 amide bonds. The standard InChI is InChI=1S/C15H22N4/c1-3-11(2)15-12-6-4-5-7-13(12)19(18-15)14-10-16-8-9-17-14/h4-7,11,14,16-17H,3,8-10H2,1-2H3. The number of para-hydroxylation sites is 1. The van der Waals surface area contributed by atoms with Crippen molar-refractivity contribution in [1.82, 2.24) is 20.4 Å². The molecule has 0 radical (unpaired) electrons. The molecule has 1 aromatic heterocycles. The molecule has 1 aliphatic heterocycles. The molecule has 2 atom stereocenters. The van der Waals surface area contributed by atoms with Crippen LogP contribution in [0.3, 0.4) is 0 Å². The Morgan fingerprint density at radius 1 is 1.37 bits per heavy atom. The van der Waals surface area contributed by atoms with Crippen LogP contribution in [0.15, 0.2) is 24.3 Å². The molecular weight excluding hydrogens is 236 g/mol. The van der Waals surface area contributed by atoms with E-state index in [-0.39, 0.29) is 6.17 Å². The predicted octanol–water partition coefficient (Wildman–Crippen LogP) is 2.24. The molecule has 102 valence electrons. The Morgan fingerprint density at radius 3 is 2.95 bits per heavy atom. The summed E-state index contributed by atoms with van der Waals surface area (Å²) in [6.07, 6.45) is 1.38. The van der Waals surface area contributed by atoms with Gasteiger partial charge in [0, 0.05) is 30.9 Å². The van der Waals surface area contributed by atoms with Gasteiger partial charge >= 0.3 is 0 Å². The van der Waals surface area contributed by atoms with Crippen LogP contribution >= 0.6 is 0 Å². The number of fused-ring (bicyclic) bond motifs is 1. The quantitative estimate of drug-likeness (QED) is 0.887. The third-order valence-electron chi connectivity index (χ3n) is 4.04. The number of benzene rings is 1. The first-order chi connectivity index (χ1) is 9.31. The van der Waals surface area contributed by atoms with Gasteiger partial charge in [-0.25, -0.2) is 4.68 Å². The molecule has 4 nitrogen and oxygen atoms in total. The van der Waals surface area contributed by atoms with Crippen molar-refractivity contribution in [3.63, 3.8) is 0 Å². The minimum atomic E-state index is 0.261. The van der Waals surface area contributed by atoms with Crippen molar-refractivity contribution in [1.29, 1.82) is 0 Å². The lowest BCUT2D eigenvalue weighted by molar-refractivity contribution is 0.320. The Labute approximate surface area is 114 Å². The van der Waals surface area contributed by atoms with Crippen LogP contribution in [0.25, 0.3) is 10.9 Å². The fourth-order valence-electron chi connectivity index (χ4n) is 2.72. The second-order valence-electron chi connectivity index (χ2n) is 5.33. The molecule has 4 heteroatoms. The van der Waals surface area contributed by atoms with E-state index in [9.17, 15) is 0 Å². The third-order valence-corrected chi connectivity index (χ3v) is 4.04. The van der Waals surface area contributed by atoms with E-state index in [1.54, 1.807) is 0 Å². The van der Waals surface area contributed by atoms with Crippen molar-refractivity contribution in [2.24, 2.45) is 0 Å². The Morgan fingerprint density at radius 2 is 2.21 bits per heavy atom. The first-order valence-electron chi connectivity index (χ1n) is 7.22. The van der Waals surface area contributed by atoms with Gasteiger partial charge in [0.15, 0.2) is 0 Å². The molecule has 2 unspecified atom stereocenters. The number of nitrogens with zero attached hydrogens (tertiary/aromatic N) is 2. The average Bonchev–Trinajstić information content (AvgIpc) is 2.87. The van der Waals surface area contributed by atoms with Crippen LogP contribution in [0.5, 0.6) is 0 Å². The van der Waals surface area contributed by atoms with Crippen LogP contribution in [0.2, 0.25) is 0 Å². The highest BCUT2D eigenvalue weighted by molar-refractivity contribution is 5.82. The number of nitrogens with one attached hydrogen (secondary N) is 2. The van der Waals surface area contributed by atoms with E-state index in [1.165, 1.54) is 16.6 Å². The van der Waals surface area contributed by atoms with E-state index in [0.717, 1.165) is 26.1 Å². The van der Waals surface area contributed by atoms with Crippen LogP contribution in [0.4, 0.5) is 0 Å². The summed E-state index contributed by atoms with van der Waals surface area (Å²) in [5.41, 5.74) is 2.46. The maximum Gasteiger partial charge on any atom is 0.115 e. The Kier molecular flexibility index (Phi) is 3.53. The topological polar surface area (TPSA) is 41.9 Å². The normalized spacial score (nSPS) is 21.7. The third kappa shape index (κ3) is 2.26. The van der Waals surface area contributed by atoms with Crippen molar-refractivity contribution in [2.45, 2.75) is 32.4 Å². The van der Waals surface area contributed by atoms with E-state index < -0.39 is 0 Å². The van der Waals surface area contributed by atoms with Gasteiger partial charge in [0.05, 0.1) is 11.2 Å². The molecule has 2 aromatic rings. The highest BCUT2D eigenvalue weighted by atomic mass is 15.4. The summed E-state index contributed by atoms with van der Waals surface area (Å²) < 4.78 is 2.16. The lowest BCUT2D eigenvalue weighted by Gasteiger charge is -2.25. The molecule has 3 rings (SSSR count). The Bertz CT molecular complexity index is 554. The summed E-state index contributed by atoms with van der Waals surface area (Å²) in [5.74, 6) is 0.502. The van der Waals surface area contributed by atoms with Gasteiger partial charge in [-0.15, -0.1) is 0 Å². The molecule has 2 N–H and O–H groups in total. The first-order valence-corrected chi connectivity index (χ1v) is 7.22. The zero-order valence-electron chi connectivity index (χ0n) is 11.7. The van der Waals surface area contributed by atoms with Crippen LogP contribution < -0.4 is 10.6 Å². The Balaban J connectivity index is 2.08. The molecule has 0 bridgehead atoms. The highest BCUT2D eigenvalue weighted by Gasteiger charge is 2.21. The van der Waals surface area contributed by atoms with Gasteiger partial charge in [0.2, 0.25) is 0 Å². The number of aromatic nitrogens is 2. The molecule has 1 aliphatic rings. The van der Waals surface area contributed by atoms with Crippen molar-refractivity contribution in [2.75, 3.05) is 19.6 Å². The van der Waals surface area contributed by atoms with Gasteiger partial charge in [-0.2, -0.15) is 5.10 Å². The minimum absolute atomic E-state index is 0.261. The van der Waals surface area contributed by atoms with E-state index in [4.69, 9.17) is 5.10 Å². The van der Waals surface area contributed by atoms with Crippen LogP contribution in [0, 0.1) is 0 Å². The average molecular weight is 258 g/mol. The van der Waals surface area contributed by atoms with E-state index in [2.05, 4.69) is 53.4 Å². The highest BCUT2D eigenvalue weighted by Crippen LogP contribution is 2.28. The van der Waals surface area contributed by atoms with Crippen LogP contribution in [-0.2, 0) is 0 Å². The number of rotatable bonds is 3. The van der Waals surface area contributed by atoms with E-state index in [1.807, 2.05) is 0 Å². The molecular formula is C15H22N4. The summed E-state index contributed by atoms with van der Waals surface area (Å²) in [4.78, 5) is 0. The first kappa shape index (κ1) is 12.6. The molecule has 0 spiro atoms. The van der Waals surface area contributed by atoms with Crippen molar-refractivity contribution < 1.29 is 0 Å². The second kappa shape index (κ2) is 5.31. The van der Waals surface area contributed by atoms with Gasteiger partial charge in [0.25, 0.3) is 0 Å². The summed E-state index contributed by atoms with van der Waals surface area (Å²) in [6.45, 7) is 7.45. The summed E-state index contributed by atoms with van der Waals surface area (Å²) >= 11 is 0. The fourth-order valence-corrected chi connectivity index (χ4v) is 2.72. The molecule has 0 saturated carbocycles. The Hall–Kier alpha value is -1.39. The van der Waals surface area contributed by atoms with Crippen molar-refractivity contribution in [3.05, 3.63) is 30.0 Å². The summed E-state index contributed by atoms with van der Waals surface area (Å²) in [6, 6.07) is 8.56. The van der Waals surface area contributed by atoms with Gasteiger partial charge in [-0.1, -0.05) is 32.0 Å². The lowest BCUT2D eigenvalue weighted by Crippen LogP contribution is -2.45. The fraction of sp³-hybridized carbons (Fsp3) is 0.533. The largest absolute Gasteiger partial charge is 0.312 e. The van der Waals surface area contributed by atoms with Crippen LogP contribution in [-0.4, -0.2) is 29.4 Å². The summed E-state index contributed by atoms with van der Waals surface area (Å²) in [7, 11) is 0. The lowest BCUT2D eigenvalue weighted by atomic mass is 10.0. The zero-order valence-corrected chi connectivity index (χ0v) is 11.7. The SMILES string of the molecule is CCC(C)c1nn(C2CNCCN2)c2ccccc12. The van der Waals surface area contributed by atoms with Crippen molar-refractivity contribution >= 4 is 10.9 Å². The molecule has 19 heavy (non-hydrogen) atoms. The minimum Gasteiger partial charge on any atom is -0.312 e. The zero-order chi connectivity index (χ0) is 13.2. The number of hydrogen-bond donors (Lipinski definition) is 2. The van der Waals surface area contributed by atoms with Crippen molar-refractivity contribution in [3.8, 4) is 0 Å². The van der Waals surface area contributed by atoms with Gasteiger partial charge in [-0.3, -0.25) is 5.32 Å². The van der Waals surface area contributed by atoms with Gasteiger partial charge < -0.3 is 5.32 Å². The molecule has 1 saturated heterocycles. The molecule has 1 aromatic carbocycles. The van der Waals surface area contributed by atoms with E-state index in [0.29, 0.717) is 5.92 Å². The maximum absolute atomic E-state index is 4.90. The second-order valence-corrected chi connectivity index (χ2v) is 5.33. The molecule has 0 aliphatic carbocycles. The maximum atomic E-state index is 4.90. The van der Waals surface area contributed by atoms with Crippen LogP contribution in [0.1, 0.15) is 38.0 Å². The summed E-state index contributed by atoms with van der Waals surface area (Å²) in [5, 5.41) is 13.2. The molecule has 2 heterocycles. The van der Waals surface area contributed by atoms with Gasteiger partial charge in [-0.05, 0) is 12.5 Å². The number of piperazine rings is 1. The monoisotopic (exact) mass is 258 g/mol. The predicted molar refractivity (Wildman–Crippen MR) is 78.3 cm³/mol. The molecule has 1 fully saturated rings. The number of hydrogen-bond acceptors (Lipinski definition) is 3. The smallest absolute Gasteiger partial charge is 0.115 e. The van der Waals surface area contributed by atoms with E-state index >= 15 is 0 Å².